The van der Waals surface area contributed by atoms with E-state index in [-0.39, 0.29) is 6.04 Å². The van der Waals surface area contributed by atoms with Crippen molar-refractivity contribution in [1.82, 2.24) is 5.43 Å². The number of nitrogens with two attached hydrogens (primary N) is 1. The fraction of sp³-hybridized carbons (Fsp3) is 0.500. The maximum Gasteiger partial charge on any atom is 0.0636 e. The number of rotatable bonds is 7. The van der Waals surface area contributed by atoms with Crippen LogP contribution in [-0.4, -0.2) is 19.3 Å². The van der Waals surface area contributed by atoms with Crippen LogP contribution in [0.3, 0.4) is 0 Å². The first-order chi connectivity index (χ1) is 7.36. The molecule has 0 aromatic heterocycles. The molecule has 3 heteroatoms. The lowest BCUT2D eigenvalue weighted by atomic mass is 10.1. The molecule has 0 aliphatic rings. The predicted molar refractivity (Wildman–Crippen MR) is 62.4 cm³/mol. The highest BCUT2D eigenvalue weighted by molar-refractivity contribution is 5.15. The van der Waals surface area contributed by atoms with Crippen LogP contribution in [-0.2, 0) is 11.2 Å². The van der Waals surface area contributed by atoms with Gasteiger partial charge in [-0.25, -0.2) is 0 Å². The maximum absolute atomic E-state index is 5.47. The lowest BCUT2D eigenvalue weighted by Gasteiger charge is -2.15. The molecule has 0 heterocycles. The molecule has 1 rings (SSSR count). The SMILES string of the molecule is CCCOCC(Cc1ccccc1)NN. The van der Waals surface area contributed by atoms with Crippen LogP contribution in [0.15, 0.2) is 30.3 Å². The summed E-state index contributed by atoms with van der Waals surface area (Å²) in [5, 5.41) is 0. The third-order valence-corrected chi connectivity index (χ3v) is 2.23. The minimum atomic E-state index is 0.193. The Morgan fingerprint density at radius 1 is 1.33 bits per heavy atom. The summed E-state index contributed by atoms with van der Waals surface area (Å²) in [6.45, 7) is 3.56. The van der Waals surface area contributed by atoms with Gasteiger partial charge in [0.1, 0.15) is 0 Å². The summed E-state index contributed by atoms with van der Waals surface area (Å²) < 4.78 is 5.47. The van der Waals surface area contributed by atoms with Crippen molar-refractivity contribution in [3.05, 3.63) is 35.9 Å². The van der Waals surface area contributed by atoms with Crippen molar-refractivity contribution in [2.75, 3.05) is 13.2 Å². The van der Waals surface area contributed by atoms with E-state index in [1.165, 1.54) is 5.56 Å². The Balaban J connectivity index is 2.33. The number of hydrazine groups is 1. The first kappa shape index (κ1) is 12.2. The van der Waals surface area contributed by atoms with Crippen LogP contribution in [0.1, 0.15) is 18.9 Å². The molecule has 1 unspecified atom stereocenters. The Morgan fingerprint density at radius 3 is 2.67 bits per heavy atom. The lowest BCUT2D eigenvalue weighted by Crippen LogP contribution is -2.40. The van der Waals surface area contributed by atoms with Gasteiger partial charge in [-0.2, -0.15) is 0 Å². The van der Waals surface area contributed by atoms with Crippen LogP contribution in [0.4, 0.5) is 0 Å². The van der Waals surface area contributed by atoms with Crippen LogP contribution in [0.2, 0.25) is 0 Å². The highest BCUT2D eigenvalue weighted by atomic mass is 16.5. The number of benzene rings is 1. The molecular formula is C12H20N2O. The van der Waals surface area contributed by atoms with Crippen LogP contribution in [0, 0.1) is 0 Å². The van der Waals surface area contributed by atoms with Gasteiger partial charge in [-0.3, -0.25) is 11.3 Å². The summed E-state index contributed by atoms with van der Waals surface area (Å²) in [7, 11) is 0. The molecule has 3 nitrogen and oxygen atoms in total. The molecule has 1 atom stereocenters. The molecule has 0 amide bonds. The average Bonchev–Trinajstić information content (AvgIpc) is 2.29. The number of ether oxygens (including phenoxy) is 1. The van der Waals surface area contributed by atoms with Gasteiger partial charge >= 0.3 is 0 Å². The standard InChI is InChI=1S/C12H20N2O/c1-2-8-15-10-12(14-13)9-11-6-4-3-5-7-11/h3-7,12,14H,2,8-10,13H2,1H3. The normalized spacial score (nSPS) is 12.7. The van der Waals surface area contributed by atoms with Gasteiger partial charge in [-0.15, -0.1) is 0 Å². The highest BCUT2D eigenvalue weighted by Crippen LogP contribution is 2.03. The van der Waals surface area contributed by atoms with Gasteiger partial charge in [0.2, 0.25) is 0 Å². The van der Waals surface area contributed by atoms with E-state index in [2.05, 4.69) is 24.5 Å². The molecule has 0 saturated heterocycles. The van der Waals surface area contributed by atoms with Crippen LogP contribution in [0.5, 0.6) is 0 Å². The smallest absolute Gasteiger partial charge is 0.0636 e. The van der Waals surface area contributed by atoms with Gasteiger partial charge in [0.05, 0.1) is 6.61 Å². The molecule has 0 radical (unpaired) electrons. The van der Waals surface area contributed by atoms with Gasteiger partial charge in [-0.05, 0) is 18.4 Å². The molecule has 15 heavy (non-hydrogen) atoms. The van der Waals surface area contributed by atoms with Crippen molar-refractivity contribution in [2.45, 2.75) is 25.8 Å². The summed E-state index contributed by atoms with van der Waals surface area (Å²) in [6.07, 6.45) is 1.95. The minimum absolute atomic E-state index is 0.193. The molecule has 0 saturated carbocycles. The summed E-state index contributed by atoms with van der Waals surface area (Å²) in [6, 6.07) is 10.5. The van der Waals surface area contributed by atoms with Crippen molar-refractivity contribution in [3.63, 3.8) is 0 Å². The number of hydrogen-bond acceptors (Lipinski definition) is 3. The second-order valence-electron chi connectivity index (χ2n) is 3.63. The summed E-state index contributed by atoms with van der Waals surface area (Å²) in [5.74, 6) is 5.47. The van der Waals surface area contributed by atoms with Gasteiger partial charge in [-0.1, -0.05) is 37.3 Å². The Labute approximate surface area is 91.6 Å². The zero-order valence-corrected chi connectivity index (χ0v) is 9.28. The quantitative estimate of drug-likeness (QED) is 0.405. The third kappa shape index (κ3) is 4.93. The monoisotopic (exact) mass is 208 g/mol. The zero-order valence-electron chi connectivity index (χ0n) is 9.28. The first-order valence-electron chi connectivity index (χ1n) is 5.44. The van der Waals surface area contributed by atoms with E-state index < -0.39 is 0 Å². The van der Waals surface area contributed by atoms with Crippen molar-refractivity contribution in [3.8, 4) is 0 Å². The second kappa shape index (κ2) is 7.40. The van der Waals surface area contributed by atoms with E-state index in [1.807, 2.05) is 18.2 Å². The molecule has 0 fully saturated rings. The molecule has 1 aromatic rings. The Bertz CT molecular complexity index is 251. The van der Waals surface area contributed by atoms with E-state index in [4.69, 9.17) is 10.6 Å². The van der Waals surface area contributed by atoms with E-state index in [1.54, 1.807) is 0 Å². The molecular weight excluding hydrogens is 188 g/mol. The highest BCUT2D eigenvalue weighted by Gasteiger charge is 2.06. The van der Waals surface area contributed by atoms with E-state index >= 15 is 0 Å². The molecule has 3 N–H and O–H groups in total. The molecule has 0 bridgehead atoms. The molecule has 84 valence electrons. The fourth-order valence-corrected chi connectivity index (χ4v) is 1.43. The third-order valence-electron chi connectivity index (χ3n) is 2.23. The Morgan fingerprint density at radius 2 is 2.07 bits per heavy atom. The largest absolute Gasteiger partial charge is 0.380 e. The van der Waals surface area contributed by atoms with Crippen molar-refractivity contribution in [1.29, 1.82) is 0 Å². The molecule has 0 aliphatic heterocycles. The van der Waals surface area contributed by atoms with Crippen LogP contribution < -0.4 is 11.3 Å². The van der Waals surface area contributed by atoms with Crippen molar-refractivity contribution < 1.29 is 4.74 Å². The predicted octanol–water partition coefficient (Wildman–Crippen LogP) is 1.49. The zero-order chi connectivity index (χ0) is 10.9. The van der Waals surface area contributed by atoms with E-state index in [0.717, 1.165) is 19.4 Å². The number of nitrogens with one attached hydrogen (secondary N) is 1. The molecule has 1 aromatic carbocycles. The van der Waals surface area contributed by atoms with E-state index in [0.29, 0.717) is 6.61 Å². The van der Waals surface area contributed by atoms with Crippen molar-refractivity contribution in [2.24, 2.45) is 5.84 Å². The number of hydrogen-bond donors (Lipinski definition) is 2. The second-order valence-corrected chi connectivity index (χ2v) is 3.63. The van der Waals surface area contributed by atoms with Crippen molar-refractivity contribution >= 4 is 0 Å². The average molecular weight is 208 g/mol. The van der Waals surface area contributed by atoms with E-state index in [9.17, 15) is 0 Å². The van der Waals surface area contributed by atoms with Crippen LogP contribution in [0.25, 0.3) is 0 Å². The maximum atomic E-state index is 5.47. The van der Waals surface area contributed by atoms with Gasteiger partial charge in [0.15, 0.2) is 0 Å². The van der Waals surface area contributed by atoms with Gasteiger partial charge in [0.25, 0.3) is 0 Å². The summed E-state index contributed by atoms with van der Waals surface area (Å²) >= 11 is 0. The topological polar surface area (TPSA) is 47.3 Å². The summed E-state index contributed by atoms with van der Waals surface area (Å²) in [4.78, 5) is 0. The molecule has 0 aliphatic carbocycles. The lowest BCUT2D eigenvalue weighted by molar-refractivity contribution is 0.112. The minimum Gasteiger partial charge on any atom is -0.380 e. The fourth-order valence-electron chi connectivity index (χ4n) is 1.43. The van der Waals surface area contributed by atoms with Crippen LogP contribution >= 0.6 is 0 Å². The first-order valence-corrected chi connectivity index (χ1v) is 5.44. The molecule has 0 spiro atoms. The Hall–Kier alpha value is -0.900. The Kier molecular flexibility index (Phi) is 6.00. The summed E-state index contributed by atoms with van der Waals surface area (Å²) in [5.41, 5.74) is 4.06. The van der Waals surface area contributed by atoms with Gasteiger partial charge < -0.3 is 4.74 Å². The van der Waals surface area contributed by atoms with Gasteiger partial charge in [0, 0.05) is 12.6 Å².